The molecule has 0 aliphatic heterocycles. The molecule has 0 aliphatic rings. The number of allylic oxidation sites excluding steroid dienone is 10. The van der Waals surface area contributed by atoms with Crippen LogP contribution in [0.5, 0.6) is 0 Å². The van der Waals surface area contributed by atoms with E-state index in [4.69, 9.17) is 18.5 Å². The molecular formula is C47H83O8P. The lowest BCUT2D eigenvalue weighted by atomic mass is 10.0. The summed E-state index contributed by atoms with van der Waals surface area (Å²) in [5, 5.41) is 0. The van der Waals surface area contributed by atoms with Gasteiger partial charge in [-0.05, 0) is 58.3 Å². The van der Waals surface area contributed by atoms with Gasteiger partial charge in [-0.2, -0.15) is 0 Å². The van der Waals surface area contributed by atoms with Crippen molar-refractivity contribution in [1.29, 1.82) is 0 Å². The summed E-state index contributed by atoms with van der Waals surface area (Å²) in [5.74, 6) is -0.863. The van der Waals surface area contributed by atoms with E-state index < -0.39 is 26.5 Å². The van der Waals surface area contributed by atoms with E-state index in [1.54, 1.807) is 6.92 Å². The molecule has 0 radical (unpaired) electrons. The molecule has 0 saturated heterocycles. The summed E-state index contributed by atoms with van der Waals surface area (Å²) in [4.78, 5) is 34.8. The van der Waals surface area contributed by atoms with Gasteiger partial charge in [-0.1, -0.05) is 190 Å². The molecule has 0 bridgehead atoms. The van der Waals surface area contributed by atoms with E-state index in [1.807, 2.05) is 6.08 Å². The number of rotatable bonds is 41. The number of esters is 2. The number of phosphoric ester groups is 1. The maximum absolute atomic E-state index is 12.5. The number of unbranched alkanes of at least 4 members (excludes halogenated alkanes) is 19. The van der Waals surface area contributed by atoms with Gasteiger partial charge in [-0.25, -0.2) is 4.57 Å². The summed E-state index contributed by atoms with van der Waals surface area (Å²) in [7, 11) is -4.30. The van der Waals surface area contributed by atoms with E-state index in [-0.39, 0.29) is 32.0 Å². The average molecular weight is 807 g/mol. The number of phosphoric acid groups is 1. The summed E-state index contributed by atoms with van der Waals surface area (Å²) in [5.41, 5.74) is 0. The second-order valence-corrected chi connectivity index (χ2v) is 16.1. The van der Waals surface area contributed by atoms with Crippen LogP contribution in [0.1, 0.15) is 201 Å². The maximum atomic E-state index is 12.5. The van der Waals surface area contributed by atoms with Crippen molar-refractivity contribution >= 4 is 19.8 Å². The van der Waals surface area contributed by atoms with Crippen molar-refractivity contribution in [3.63, 3.8) is 0 Å². The SMILES string of the molecule is CC/C=C\C/C=C\C/C=C\C/C=C\C/C=C\CCCC(=O)OC(COC(=O)CCCCCCCCCCCCCCCCCCCCC)COP(=O)(O)OCC. The maximum Gasteiger partial charge on any atom is 0.472 e. The molecule has 2 unspecified atom stereocenters. The molecule has 0 spiro atoms. The van der Waals surface area contributed by atoms with Gasteiger partial charge in [0.05, 0.1) is 13.2 Å². The standard InChI is InChI=1S/C47H83O8P/c1-4-7-9-11-13-15-17-19-21-23-24-26-27-29-31-33-35-37-39-41-46(48)52-43-45(44-54-56(50,51)53-6-3)55-47(49)42-40-38-36-34-32-30-28-25-22-20-18-16-14-12-10-8-5-2/h8,10,14,16,20,22,28,30,34,36,45H,4-7,9,11-13,15,17-19,21,23-27,29,31-33,35,37-44H2,1-3H3,(H,50,51)/b10-8-,16-14-,22-20-,30-28-,36-34-. The first-order chi connectivity index (χ1) is 27.3. The molecule has 9 heteroatoms. The molecule has 0 rings (SSSR count). The van der Waals surface area contributed by atoms with Gasteiger partial charge in [0.1, 0.15) is 6.61 Å². The predicted octanol–water partition coefficient (Wildman–Crippen LogP) is 14.3. The van der Waals surface area contributed by atoms with Crippen LogP contribution in [0, 0.1) is 0 Å². The molecule has 0 aromatic heterocycles. The van der Waals surface area contributed by atoms with Crippen LogP contribution in [0.3, 0.4) is 0 Å². The highest BCUT2D eigenvalue weighted by Gasteiger charge is 2.25. The second-order valence-electron chi connectivity index (χ2n) is 14.7. The summed E-state index contributed by atoms with van der Waals surface area (Å²) >= 11 is 0. The Morgan fingerprint density at radius 2 is 0.911 bits per heavy atom. The first kappa shape index (κ1) is 53.8. The Morgan fingerprint density at radius 1 is 0.500 bits per heavy atom. The lowest BCUT2D eigenvalue weighted by Crippen LogP contribution is -2.29. The first-order valence-electron chi connectivity index (χ1n) is 22.6. The Hall–Kier alpha value is -2.25. The minimum atomic E-state index is -4.30. The molecular weight excluding hydrogens is 723 g/mol. The zero-order valence-electron chi connectivity index (χ0n) is 36.0. The molecule has 0 aromatic rings. The van der Waals surface area contributed by atoms with Crippen molar-refractivity contribution in [2.45, 2.75) is 207 Å². The summed E-state index contributed by atoms with van der Waals surface area (Å²) < 4.78 is 32.6. The smallest absolute Gasteiger partial charge is 0.462 e. The molecule has 0 aliphatic carbocycles. The fourth-order valence-corrected chi connectivity index (χ4v) is 6.83. The van der Waals surface area contributed by atoms with Crippen LogP contribution in [0.2, 0.25) is 0 Å². The zero-order valence-corrected chi connectivity index (χ0v) is 36.9. The van der Waals surface area contributed by atoms with Gasteiger partial charge in [0.15, 0.2) is 6.10 Å². The van der Waals surface area contributed by atoms with Gasteiger partial charge in [0.25, 0.3) is 0 Å². The monoisotopic (exact) mass is 807 g/mol. The van der Waals surface area contributed by atoms with Gasteiger partial charge < -0.3 is 14.4 Å². The van der Waals surface area contributed by atoms with Crippen LogP contribution >= 0.6 is 7.82 Å². The average Bonchev–Trinajstić information content (AvgIpc) is 3.18. The highest BCUT2D eigenvalue weighted by molar-refractivity contribution is 7.47. The third-order valence-electron chi connectivity index (χ3n) is 9.34. The topological polar surface area (TPSA) is 108 Å². The Bertz CT molecular complexity index is 1100. The molecule has 0 saturated carbocycles. The van der Waals surface area contributed by atoms with Crippen molar-refractivity contribution in [2.75, 3.05) is 19.8 Å². The fraction of sp³-hybridized carbons (Fsp3) is 0.745. The van der Waals surface area contributed by atoms with E-state index in [9.17, 15) is 19.0 Å². The minimum absolute atomic E-state index is 0.0114. The quantitative estimate of drug-likeness (QED) is 0.0282. The van der Waals surface area contributed by atoms with Gasteiger partial charge in [0.2, 0.25) is 0 Å². The van der Waals surface area contributed by atoms with E-state index in [1.165, 1.54) is 103 Å². The first-order valence-corrected chi connectivity index (χ1v) is 24.1. The van der Waals surface area contributed by atoms with Crippen LogP contribution in [-0.4, -0.2) is 42.8 Å². The Balaban J connectivity index is 4.12. The zero-order chi connectivity index (χ0) is 41.1. The Morgan fingerprint density at radius 3 is 1.36 bits per heavy atom. The Labute approximate surface area is 343 Å². The van der Waals surface area contributed by atoms with Crippen LogP contribution < -0.4 is 0 Å². The molecule has 2 atom stereocenters. The normalized spacial score (nSPS) is 13.9. The van der Waals surface area contributed by atoms with Crippen molar-refractivity contribution in [1.82, 2.24) is 0 Å². The van der Waals surface area contributed by atoms with Crippen molar-refractivity contribution in [3.8, 4) is 0 Å². The minimum Gasteiger partial charge on any atom is -0.462 e. The van der Waals surface area contributed by atoms with E-state index in [0.29, 0.717) is 12.8 Å². The van der Waals surface area contributed by atoms with E-state index >= 15 is 0 Å². The number of hydrogen-bond acceptors (Lipinski definition) is 7. The third kappa shape index (κ3) is 41.4. The fourth-order valence-electron chi connectivity index (χ4n) is 6.08. The van der Waals surface area contributed by atoms with Crippen molar-refractivity contribution in [3.05, 3.63) is 60.8 Å². The van der Waals surface area contributed by atoms with E-state index in [2.05, 4.69) is 68.5 Å². The van der Waals surface area contributed by atoms with Crippen LogP contribution in [0.25, 0.3) is 0 Å². The molecule has 0 fully saturated rings. The number of ether oxygens (including phenoxy) is 2. The van der Waals surface area contributed by atoms with Crippen LogP contribution in [0.15, 0.2) is 60.8 Å². The lowest BCUT2D eigenvalue weighted by molar-refractivity contribution is -0.161. The lowest BCUT2D eigenvalue weighted by Gasteiger charge is -2.19. The summed E-state index contributed by atoms with van der Waals surface area (Å²) in [6.45, 7) is 5.31. The predicted molar refractivity (Wildman–Crippen MR) is 235 cm³/mol. The molecule has 56 heavy (non-hydrogen) atoms. The Kier molecular flexibility index (Phi) is 40.7. The second kappa shape index (κ2) is 42.4. The molecule has 8 nitrogen and oxygen atoms in total. The number of carbonyl (C=O) groups excluding carboxylic acids is 2. The summed E-state index contributed by atoms with van der Waals surface area (Å²) in [6.07, 6.45) is 51.4. The van der Waals surface area contributed by atoms with Gasteiger partial charge in [-0.3, -0.25) is 18.6 Å². The molecule has 0 heterocycles. The van der Waals surface area contributed by atoms with Crippen molar-refractivity contribution in [2.24, 2.45) is 0 Å². The van der Waals surface area contributed by atoms with Crippen LogP contribution in [-0.2, 0) is 32.7 Å². The van der Waals surface area contributed by atoms with Gasteiger partial charge in [-0.15, -0.1) is 0 Å². The number of hydrogen-bond donors (Lipinski definition) is 1. The highest BCUT2D eigenvalue weighted by Crippen LogP contribution is 2.43. The molecule has 0 aromatic carbocycles. The largest absolute Gasteiger partial charge is 0.472 e. The number of carbonyl (C=O) groups is 2. The van der Waals surface area contributed by atoms with Crippen molar-refractivity contribution < 1.29 is 37.6 Å². The highest BCUT2D eigenvalue weighted by atomic mass is 31.2. The van der Waals surface area contributed by atoms with Crippen LogP contribution in [0.4, 0.5) is 0 Å². The summed E-state index contributed by atoms with van der Waals surface area (Å²) in [6, 6.07) is 0. The van der Waals surface area contributed by atoms with Gasteiger partial charge in [0, 0.05) is 12.8 Å². The van der Waals surface area contributed by atoms with Gasteiger partial charge >= 0.3 is 19.8 Å². The third-order valence-corrected chi connectivity index (χ3v) is 10.4. The molecule has 1 N–H and O–H groups in total. The van der Waals surface area contributed by atoms with E-state index in [0.717, 1.165) is 51.4 Å². The molecule has 324 valence electrons. The molecule has 0 amide bonds.